The molecular formula is C22H30BrN3O2. The maximum atomic E-state index is 11.4. The molecule has 2 aromatic carbocycles. The molecule has 2 aromatic rings. The topological polar surface area (TPSA) is 67.6 Å². The number of nitrogens with one attached hydrogen (secondary N) is 1. The van der Waals surface area contributed by atoms with Crippen LogP contribution in [0.4, 0.5) is 10.5 Å². The van der Waals surface area contributed by atoms with Gasteiger partial charge in [0.05, 0.1) is 5.69 Å². The summed E-state index contributed by atoms with van der Waals surface area (Å²) in [6.07, 6.45) is 0.936. The van der Waals surface area contributed by atoms with Crippen LogP contribution in [0.1, 0.15) is 25.0 Å². The molecule has 0 saturated carbocycles. The Bertz CT molecular complexity index is 760. The van der Waals surface area contributed by atoms with E-state index < -0.39 is 6.03 Å². The van der Waals surface area contributed by atoms with Crippen LogP contribution in [-0.2, 0) is 13.0 Å². The molecule has 3 N–H and O–H groups in total. The number of carbonyl (C=O) groups is 1. The highest BCUT2D eigenvalue weighted by molar-refractivity contribution is 8.93. The number of urea groups is 1. The van der Waals surface area contributed by atoms with Crippen LogP contribution in [-0.4, -0.2) is 30.6 Å². The van der Waals surface area contributed by atoms with Crippen LogP contribution < -0.4 is 15.8 Å². The van der Waals surface area contributed by atoms with Crippen molar-refractivity contribution in [1.29, 1.82) is 0 Å². The number of rotatable bonds is 7. The van der Waals surface area contributed by atoms with Gasteiger partial charge in [-0.2, -0.15) is 0 Å². The van der Waals surface area contributed by atoms with Crippen molar-refractivity contribution in [3.8, 4) is 5.75 Å². The van der Waals surface area contributed by atoms with Gasteiger partial charge in [0.25, 0.3) is 0 Å². The van der Waals surface area contributed by atoms with Gasteiger partial charge in [0, 0.05) is 19.6 Å². The van der Waals surface area contributed by atoms with Crippen molar-refractivity contribution in [2.45, 2.75) is 26.9 Å². The SMILES string of the molecule is Br.CC1CN(CCc2ccc(OCc3ccccc3)c(NC(N)=O)c2)CC1C. The molecule has 2 unspecified atom stereocenters. The monoisotopic (exact) mass is 447 g/mol. The molecule has 2 amide bonds. The molecule has 1 aliphatic heterocycles. The number of halogens is 1. The maximum absolute atomic E-state index is 11.4. The molecule has 6 heteroatoms. The van der Waals surface area contributed by atoms with E-state index in [1.54, 1.807) is 0 Å². The Morgan fingerprint density at radius 1 is 1.11 bits per heavy atom. The number of hydrogen-bond acceptors (Lipinski definition) is 3. The summed E-state index contributed by atoms with van der Waals surface area (Å²) in [4.78, 5) is 13.9. The van der Waals surface area contributed by atoms with Gasteiger partial charge in [0.2, 0.25) is 0 Å². The number of nitrogens with zero attached hydrogens (tertiary/aromatic N) is 1. The number of amides is 2. The standard InChI is InChI=1S/C22H29N3O2.BrH/c1-16-13-25(14-17(16)2)11-10-18-8-9-21(20(12-18)24-22(23)26)27-15-19-6-4-3-5-7-19;/h3-9,12,16-17H,10-11,13-15H2,1-2H3,(H3,23,24,26);1H. The predicted octanol–water partition coefficient (Wildman–Crippen LogP) is 4.46. The molecule has 152 valence electrons. The Hall–Kier alpha value is -2.05. The summed E-state index contributed by atoms with van der Waals surface area (Å²) in [5, 5.41) is 2.69. The number of anilines is 1. The molecule has 1 aliphatic rings. The van der Waals surface area contributed by atoms with Crippen molar-refractivity contribution < 1.29 is 9.53 Å². The highest BCUT2D eigenvalue weighted by atomic mass is 79.9. The van der Waals surface area contributed by atoms with Crippen molar-refractivity contribution in [1.82, 2.24) is 4.90 Å². The molecule has 5 nitrogen and oxygen atoms in total. The quantitative estimate of drug-likeness (QED) is 0.657. The first-order chi connectivity index (χ1) is 13.0. The minimum absolute atomic E-state index is 0. The Morgan fingerprint density at radius 3 is 2.43 bits per heavy atom. The lowest BCUT2D eigenvalue weighted by Gasteiger charge is -2.17. The Kier molecular flexibility index (Phi) is 8.33. The fourth-order valence-electron chi connectivity index (χ4n) is 3.54. The first-order valence-electron chi connectivity index (χ1n) is 9.59. The molecule has 1 fully saturated rings. The van der Waals surface area contributed by atoms with Gasteiger partial charge in [-0.3, -0.25) is 0 Å². The third-order valence-corrected chi connectivity index (χ3v) is 5.32. The molecule has 28 heavy (non-hydrogen) atoms. The molecular weight excluding hydrogens is 418 g/mol. The zero-order valence-corrected chi connectivity index (χ0v) is 18.3. The van der Waals surface area contributed by atoms with Gasteiger partial charge in [0.15, 0.2) is 0 Å². The summed E-state index contributed by atoms with van der Waals surface area (Å²) in [5.74, 6) is 2.14. The van der Waals surface area contributed by atoms with E-state index in [2.05, 4.69) is 30.1 Å². The number of likely N-dealkylation sites (tertiary alicyclic amines) is 1. The molecule has 1 heterocycles. The summed E-state index contributed by atoms with van der Waals surface area (Å²) in [7, 11) is 0. The van der Waals surface area contributed by atoms with Crippen molar-refractivity contribution in [2.24, 2.45) is 17.6 Å². The second kappa shape index (κ2) is 10.5. The van der Waals surface area contributed by atoms with Gasteiger partial charge in [-0.1, -0.05) is 50.2 Å². The highest BCUT2D eigenvalue weighted by Gasteiger charge is 2.25. The van der Waals surface area contributed by atoms with Crippen LogP contribution in [0.15, 0.2) is 48.5 Å². The summed E-state index contributed by atoms with van der Waals surface area (Å²) in [5.41, 5.74) is 8.20. The van der Waals surface area contributed by atoms with Crippen LogP contribution in [0.25, 0.3) is 0 Å². The van der Waals surface area contributed by atoms with Gasteiger partial charge in [-0.05, 0) is 41.5 Å². The lowest BCUT2D eigenvalue weighted by molar-refractivity contribution is 0.259. The van der Waals surface area contributed by atoms with E-state index >= 15 is 0 Å². The van der Waals surface area contributed by atoms with Crippen molar-refractivity contribution in [2.75, 3.05) is 25.0 Å². The first-order valence-corrected chi connectivity index (χ1v) is 9.59. The number of carbonyl (C=O) groups excluding carboxylic acids is 1. The third-order valence-electron chi connectivity index (χ3n) is 5.32. The highest BCUT2D eigenvalue weighted by Crippen LogP contribution is 2.28. The normalized spacial score (nSPS) is 19.1. The number of ether oxygens (including phenoxy) is 1. The van der Waals surface area contributed by atoms with Crippen LogP contribution in [0.2, 0.25) is 0 Å². The van der Waals surface area contributed by atoms with Crippen LogP contribution in [0.3, 0.4) is 0 Å². The molecule has 2 atom stereocenters. The maximum Gasteiger partial charge on any atom is 0.316 e. The molecule has 0 aromatic heterocycles. The summed E-state index contributed by atoms with van der Waals surface area (Å²) >= 11 is 0. The van der Waals surface area contributed by atoms with Crippen molar-refractivity contribution in [3.05, 3.63) is 59.7 Å². The fraction of sp³-hybridized carbons (Fsp3) is 0.409. The number of hydrogen-bond donors (Lipinski definition) is 2. The number of nitrogens with two attached hydrogens (primary N) is 1. The van der Waals surface area contributed by atoms with E-state index in [1.807, 2.05) is 42.5 Å². The zero-order chi connectivity index (χ0) is 19.2. The van der Waals surface area contributed by atoms with Crippen molar-refractivity contribution in [3.63, 3.8) is 0 Å². The second-order valence-electron chi connectivity index (χ2n) is 7.56. The number of benzene rings is 2. The molecule has 3 rings (SSSR count). The van der Waals surface area contributed by atoms with E-state index in [1.165, 1.54) is 0 Å². The minimum Gasteiger partial charge on any atom is -0.487 e. The van der Waals surface area contributed by atoms with E-state index in [-0.39, 0.29) is 17.0 Å². The summed E-state index contributed by atoms with van der Waals surface area (Å²) < 4.78 is 5.90. The molecule has 0 bridgehead atoms. The van der Waals surface area contributed by atoms with E-state index in [9.17, 15) is 4.79 Å². The Balaban J connectivity index is 0.00000280. The summed E-state index contributed by atoms with van der Waals surface area (Å²) in [6, 6.07) is 15.3. The molecule has 1 saturated heterocycles. The van der Waals surface area contributed by atoms with Crippen LogP contribution in [0.5, 0.6) is 5.75 Å². The summed E-state index contributed by atoms with van der Waals surface area (Å²) in [6.45, 7) is 8.42. The fourth-order valence-corrected chi connectivity index (χ4v) is 3.54. The molecule has 0 spiro atoms. The van der Waals surface area contributed by atoms with Gasteiger partial charge in [-0.25, -0.2) is 4.79 Å². The van der Waals surface area contributed by atoms with E-state index in [0.717, 1.165) is 49.0 Å². The molecule has 0 aliphatic carbocycles. The van der Waals surface area contributed by atoms with E-state index in [0.29, 0.717) is 18.0 Å². The average molecular weight is 448 g/mol. The Labute approximate surface area is 178 Å². The Morgan fingerprint density at radius 2 is 1.79 bits per heavy atom. The van der Waals surface area contributed by atoms with Crippen LogP contribution in [0, 0.1) is 11.8 Å². The smallest absolute Gasteiger partial charge is 0.316 e. The third kappa shape index (κ3) is 6.24. The number of primary amides is 1. The van der Waals surface area contributed by atoms with Gasteiger partial charge in [0.1, 0.15) is 12.4 Å². The lowest BCUT2D eigenvalue weighted by atomic mass is 10.0. The van der Waals surface area contributed by atoms with Crippen molar-refractivity contribution >= 4 is 28.7 Å². The van der Waals surface area contributed by atoms with Gasteiger partial charge < -0.3 is 20.7 Å². The zero-order valence-electron chi connectivity index (χ0n) is 16.6. The molecule has 0 radical (unpaired) electrons. The largest absolute Gasteiger partial charge is 0.487 e. The van der Waals surface area contributed by atoms with E-state index in [4.69, 9.17) is 10.5 Å². The lowest BCUT2D eigenvalue weighted by Crippen LogP contribution is -2.23. The first kappa shape index (κ1) is 22.2. The van der Waals surface area contributed by atoms with Crippen LogP contribution >= 0.6 is 17.0 Å². The van der Waals surface area contributed by atoms with Gasteiger partial charge >= 0.3 is 6.03 Å². The predicted molar refractivity (Wildman–Crippen MR) is 119 cm³/mol. The minimum atomic E-state index is -0.584. The average Bonchev–Trinajstić information content (AvgIpc) is 2.97. The van der Waals surface area contributed by atoms with Gasteiger partial charge in [-0.15, -0.1) is 17.0 Å². The second-order valence-corrected chi connectivity index (χ2v) is 7.56.